The predicted octanol–water partition coefficient (Wildman–Crippen LogP) is 4.68. The Labute approximate surface area is 231 Å². The molecule has 11 heteroatoms. The van der Waals surface area contributed by atoms with Crippen LogP contribution in [0.1, 0.15) is 35.7 Å². The van der Waals surface area contributed by atoms with E-state index < -0.39 is 0 Å². The summed E-state index contributed by atoms with van der Waals surface area (Å²) in [5.41, 5.74) is 10.9. The molecule has 0 bridgehead atoms. The zero-order valence-corrected chi connectivity index (χ0v) is 22.9. The molecule has 39 heavy (non-hydrogen) atoms. The molecule has 1 aliphatic heterocycles. The zero-order chi connectivity index (χ0) is 27.7. The maximum atomic E-state index is 12.3. The molecule has 1 atom stereocenters. The number of halogens is 1. The summed E-state index contributed by atoms with van der Waals surface area (Å²) in [6.07, 6.45) is 6.23. The number of fused-ring (bicyclic) bond motifs is 1. The van der Waals surface area contributed by atoms with Gasteiger partial charge in [0.1, 0.15) is 35.9 Å². The molecule has 1 aliphatic rings. The minimum absolute atomic E-state index is 0.0616. The van der Waals surface area contributed by atoms with Crippen LogP contribution in [0.4, 0.5) is 5.82 Å². The first-order valence-corrected chi connectivity index (χ1v) is 13.0. The second-order valence-electron chi connectivity index (χ2n) is 9.52. The maximum absolute atomic E-state index is 12.3. The lowest BCUT2D eigenvalue weighted by molar-refractivity contribution is -0.127. The number of nitrogens with two attached hydrogens (primary N) is 1. The van der Waals surface area contributed by atoms with Crippen LogP contribution in [0.3, 0.4) is 0 Å². The van der Waals surface area contributed by atoms with E-state index in [9.17, 15) is 4.79 Å². The predicted molar refractivity (Wildman–Crippen MR) is 150 cm³/mol. The average molecular weight is 548 g/mol. The Kier molecular flexibility index (Phi) is 7.38. The average Bonchev–Trinajstić information content (AvgIpc) is 3.34. The third-order valence-electron chi connectivity index (χ3n) is 7.07. The van der Waals surface area contributed by atoms with Crippen LogP contribution in [0.25, 0.3) is 22.3 Å². The summed E-state index contributed by atoms with van der Waals surface area (Å²) in [6.45, 7) is 8.96. The molecule has 1 amide bonds. The molecule has 4 heterocycles. The van der Waals surface area contributed by atoms with Gasteiger partial charge in [-0.25, -0.2) is 14.6 Å². The van der Waals surface area contributed by atoms with Gasteiger partial charge in [0, 0.05) is 36.0 Å². The fraction of sp³-hybridized carbons (Fsp3) is 0.321. The number of nitrogens with zero attached hydrogens (tertiary/aromatic N) is 6. The number of methoxy groups -OCH3 is 1. The normalized spacial score (nSPS) is 15.4. The number of nitrogen functional groups attached to an aromatic ring is 1. The van der Waals surface area contributed by atoms with E-state index in [1.165, 1.54) is 12.4 Å². The van der Waals surface area contributed by atoms with E-state index in [0.717, 1.165) is 41.0 Å². The van der Waals surface area contributed by atoms with Crippen molar-refractivity contribution in [2.75, 3.05) is 25.9 Å². The van der Waals surface area contributed by atoms with E-state index in [0.29, 0.717) is 46.4 Å². The van der Waals surface area contributed by atoms with Crippen LogP contribution >= 0.6 is 11.6 Å². The molecule has 1 saturated heterocycles. The first-order valence-electron chi connectivity index (χ1n) is 12.6. The van der Waals surface area contributed by atoms with E-state index in [-0.39, 0.29) is 18.6 Å². The maximum Gasteiger partial charge on any atom is 0.246 e. The van der Waals surface area contributed by atoms with Crippen LogP contribution in [0, 0.1) is 13.8 Å². The number of amides is 1. The van der Waals surface area contributed by atoms with E-state index in [1.807, 2.05) is 24.6 Å². The molecule has 2 N–H and O–H groups in total. The van der Waals surface area contributed by atoms with Gasteiger partial charge in [0.15, 0.2) is 5.65 Å². The number of likely N-dealkylation sites (tertiary alicyclic amines) is 1. The molecule has 10 nitrogen and oxygen atoms in total. The van der Waals surface area contributed by atoms with Gasteiger partial charge in [-0.2, -0.15) is 5.10 Å². The van der Waals surface area contributed by atoms with Crippen LogP contribution in [0.2, 0.25) is 5.02 Å². The minimum Gasteiger partial charge on any atom is -0.496 e. The molecule has 202 valence electrons. The second-order valence-corrected chi connectivity index (χ2v) is 9.92. The van der Waals surface area contributed by atoms with Gasteiger partial charge in [-0.15, -0.1) is 0 Å². The molecule has 1 fully saturated rings. The number of ether oxygens (including phenoxy) is 2. The Morgan fingerprint density at radius 2 is 2.10 bits per heavy atom. The number of aromatic nitrogens is 5. The number of benzene rings is 1. The SMILES string of the molecule is C=CC(=O)N1CCC[C@@H](n2nc(-c3ccc(OCc4ncc(C)c(OC)c4C)c(Cl)c3)c3c(N)ncnc32)C1. The molecular formula is C28H30ClN7O3. The largest absolute Gasteiger partial charge is 0.496 e. The third kappa shape index (κ3) is 4.99. The number of pyridine rings is 1. The van der Waals surface area contributed by atoms with Crippen LogP contribution in [0.15, 0.2) is 43.4 Å². The standard InChI is InChI=1S/C28H30ClN7O3/c1-5-23(37)35-10-6-7-19(13-35)36-28-24(27(30)32-15-33-28)25(34-36)18-8-9-22(20(29)11-18)39-14-21-17(3)26(38-4)16(2)12-31-21/h5,8-9,11-12,15,19H,1,6-7,10,13-14H2,2-4H3,(H2,30,32,33)/t19-/m1/s1. The molecule has 0 radical (unpaired) electrons. The minimum atomic E-state index is -0.0950. The van der Waals surface area contributed by atoms with Gasteiger partial charge in [0.05, 0.1) is 29.3 Å². The fourth-order valence-electron chi connectivity index (χ4n) is 5.06. The number of anilines is 1. The van der Waals surface area contributed by atoms with Gasteiger partial charge < -0.3 is 20.1 Å². The molecule has 3 aromatic heterocycles. The van der Waals surface area contributed by atoms with E-state index in [4.69, 9.17) is 31.9 Å². The highest BCUT2D eigenvalue weighted by Crippen LogP contribution is 2.37. The van der Waals surface area contributed by atoms with Crippen molar-refractivity contribution in [3.8, 4) is 22.8 Å². The zero-order valence-electron chi connectivity index (χ0n) is 22.1. The van der Waals surface area contributed by atoms with Crippen LogP contribution in [-0.4, -0.2) is 55.7 Å². The summed E-state index contributed by atoms with van der Waals surface area (Å²) in [7, 11) is 1.64. The Balaban J connectivity index is 1.45. The molecule has 5 rings (SSSR count). The summed E-state index contributed by atoms with van der Waals surface area (Å²) in [4.78, 5) is 27.2. The van der Waals surface area contributed by atoms with Crippen molar-refractivity contribution in [2.45, 2.75) is 39.3 Å². The lowest BCUT2D eigenvalue weighted by atomic mass is 10.1. The number of rotatable bonds is 7. The topological polar surface area (TPSA) is 121 Å². The number of carbonyl (C=O) groups is 1. The summed E-state index contributed by atoms with van der Waals surface area (Å²) in [6, 6.07) is 5.41. The lowest BCUT2D eigenvalue weighted by Crippen LogP contribution is -2.40. The first kappa shape index (κ1) is 26.4. The molecule has 1 aromatic carbocycles. The van der Waals surface area contributed by atoms with Crippen LogP contribution in [0.5, 0.6) is 11.5 Å². The van der Waals surface area contributed by atoms with Crippen molar-refractivity contribution in [1.82, 2.24) is 29.6 Å². The molecule has 0 spiro atoms. The number of aryl methyl sites for hydroxylation is 1. The molecule has 0 aliphatic carbocycles. The highest BCUT2D eigenvalue weighted by molar-refractivity contribution is 6.32. The summed E-state index contributed by atoms with van der Waals surface area (Å²) < 4.78 is 13.4. The van der Waals surface area contributed by atoms with Gasteiger partial charge in [-0.1, -0.05) is 18.2 Å². The van der Waals surface area contributed by atoms with Crippen molar-refractivity contribution < 1.29 is 14.3 Å². The molecule has 0 saturated carbocycles. The summed E-state index contributed by atoms with van der Waals surface area (Å²) >= 11 is 6.66. The smallest absolute Gasteiger partial charge is 0.246 e. The number of hydrogen-bond donors (Lipinski definition) is 1. The quantitative estimate of drug-likeness (QED) is 0.331. The highest BCUT2D eigenvalue weighted by Gasteiger charge is 2.28. The Bertz CT molecular complexity index is 1570. The first-order chi connectivity index (χ1) is 18.8. The van der Waals surface area contributed by atoms with Crippen molar-refractivity contribution >= 4 is 34.4 Å². The highest BCUT2D eigenvalue weighted by atomic mass is 35.5. The second kappa shape index (κ2) is 10.9. The summed E-state index contributed by atoms with van der Waals surface area (Å²) in [5.74, 6) is 1.53. The van der Waals surface area contributed by atoms with Gasteiger partial charge >= 0.3 is 0 Å². The van der Waals surface area contributed by atoms with E-state index in [2.05, 4.69) is 21.5 Å². The summed E-state index contributed by atoms with van der Waals surface area (Å²) in [5, 5.41) is 5.97. The van der Waals surface area contributed by atoms with E-state index in [1.54, 1.807) is 30.3 Å². The number of carbonyl (C=O) groups excluding carboxylic acids is 1. The molecular weight excluding hydrogens is 518 g/mol. The fourth-order valence-corrected chi connectivity index (χ4v) is 5.30. The lowest BCUT2D eigenvalue weighted by Gasteiger charge is -2.32. The van der Waals surface area contributed by atoms with E-state index >= 15 is 0 Å². The van der Waals surface area contributed by atoms with Gasteiger partial charge in [-0.3, -0.25) is 9.78 Å². The Morgan fingerprint density at radius 3 is 2.85 bits per heavy atom. The van der Waals surface area contributed by atoms with Crippen LogP contribution in [-0.2, 0) is 11.4 Å². The monoisotopic (exact) mass is 547 g/mol. The van der Waals surface area contributed by atoms with Crippen molar-refractivity contribution in [2.24, 2.45) is 0 Å². The van der Waals surface area contributed by atoms with Crippen molar-refractivity contribution in [1.29, 1.82) is 0 Å². The number of piperidine rings is 1. The number of hydrogen-bond acceptors (Lipinski definition) is 8. The molecule has 0 unspecified atom stereocenters. The molecule has 4 aromatic rings. The van der Waals surface area contributed by atoms with Crippen molar-refractivity contribution in [3.63, 3.8) is 0 Å². The Hall–Kier alpha value is -4.18. The third-order valence-corrected chi connectivity index (χ3v) is 7.36. The van der Waals surface area contributed by atoms with Gasteiger partial charge in [0.2, 0.25) is 5.91 Å². The van der Waals surface area contributed by atoms with Gasteiger partial charge in [-0.05, 0) is 51.0 Å². The van der Waals surface area contributed by atoms with Crippen LogP contribution < -0.4 is 15.2 Å². The van der Waals surface area contributed by atoms with Gasteiger partial charge in [0.25, 0.3) is 0 Å². The Morgan fingerprint density at radius 1 is 1.28 bits per heavy atom. The van der Waals surface area contributed by atoms with Crippen molar-refractivity contribution in [3.05, 3.63) is 65.2 Å².